The summed E-state index contributed by atoms with van der Waals surface area (Å²) in [6, 6.07) is 0. The second-order valence-corrected chi connectivity index (χ2v) is 4.10. The molecule has 0 unspecified atom stereocenters. The van der Waals surface area contributed by atoms with E-state index < -0.39 is 0 Å². The number of rotatable bonds is 1. The van der Waals surface area contributed by atoms with Crippen molar-refractivity contribution in [3.63, 3.8) is 0 Å². The number of ether oxygens (including phenoxy) is 1. The fraction of sp³-hybridized carbons (Fsp3) is 0.900. The Morgan fingerprint density at radius 3 is 2.54 bits per heavy atom. The summed E-state index contributed by atoms with van der Waals surface area (Å²) in [4.78, 5) is 13.9. The zero-order chi connectivity index (χ0) is 9.31. The van der Waals surface area contributed by atoms with Gasteiger partial charge in [-0.1, -0.05) is 6.92 Å². The Balaban J connectivity index is 1.99. The van der Waals surface area contributed by atoms with E-state index in [1.165, 1.54) is 0 Å². The van der Waals surface area contributed by atoms with Gasteiger partial charge in [0, 0.05) is 0 Å². The Morgan fingerprint density at radius 2 is 2.08 bits per heavy atom. The van der Waals surface area contributed by atoms with Crippen LogP contribution < -0.4 is 0 Å². The SMILES string of the molecule is CCN1CCC2(CCOC2=O)CC1. The van der Waals surface area contributed by atoms with Gasteiger partial charge in [-0.05, 0) is 38.9 Å². The van der Waals surface area contributed by atoms with E-state index in [-0.39, 0.29) is 11.4 Å². The highest BCUT2D eigenvalue weighted by Crippen LogP contribution is 2.39. The third kappa shape index (κ3) is 1.46. The zero-order valence-electron chi connectivity index (χ0n) is 8.21. The molecule has 2 rings (SSSR count). The first-order valence-corrected chi connectivity index (χ1v) is 5.16. The van der Waals surface area contributed by atoms with Crippen molar-refractivity contribution in [2.45, 2.75) is 26.2 Å². The molecule has 13 heavy (non-hydrogen) atoms. The molecule has 0 radical (unpaired) electrons. The predicted molar refractivity (Wildman–Crippen MR) is 49.4 cm³/mol. The number of piperidine rings is 1. The van der Waals surface area contributed by atoms with Crippen molar-refractivity contribution in [3.05, 3.63) is 0 Å². The van der Waals surface area contributed by atoms with Crippen LogP contribution in [0.2, 0.25) is 0 Å². The molecule has 0 atom stereocenters. The first-order chi connectivity index (χ1) is 6.27. The van der Waals surface area contributed by atoms with Crippen LogP contribution in [0, 0.1) is 5.41 Å². The summed E-state index contributed by atoms with van der Waals surface area (Å²) in [6.07, 6.45) is 2.95. The summed E-state index contributed by atoms with van der Waals surface area (Å²) in [6.45, 7) is 6.04. The Labute approximate surface area is 79.0 Å². The molecular formula is C10H17NO2. The van der Waals surface area contributed by atoms with Gasteiger partial charge in [0.15, 0.2) is 0 Å². The second kappa shape index (κ2) is 3.29. The van der Waals surface area contributed by atoms with Gasteiger partial charge >= 0.3 is 5.97 Å². The third-order valence-corrected chi connectivity index (χ3v) is 3.51. The number of carbonyl (C=O) groups excluding carboxylic acids is 1. The normalized spacial score (nSPS) is 27.9. The molecule has 0 aliphatic carbocycles. The van der Waals surface area contributed by atoms with Crippen molar-refractivity contribution < 1.29 is 9.53 Å². The van der Waals surface area contributed by atoms with Gasteiger partial charge < -0.3 is 9.64 Å². The van der Waals surface area contributed by atoms with E-state index in [0.717, 1.165) is 38.9 Å². The Bertz CT molecular complexity index is 207. The lowest BCUT2D eigenvalue weighted by Gasteiger charge is -2.35. The fourth-order valence-electron chi connectivity index (χ4n) is 2.35. The smallest absolute Gasteiger partial charge is 0.312 e. The monoisotopic (exact) mass is 183 g/mol. The van der Waals surface area contributed by atoms with Crippen molar-refractivity contribution in [3.8, 4) is 0 Å². The highest BCUT2D eigenvalue weighted by Gasteiger charge is 2.45. The minimum atomic E-state index is -0.0916. The quantitative estimate of drug-likeness (QED) is 0.569. The molecule has 0 aromatic carbocycles. The van der Waals surface area contributed by atoms with Crippen molar-refractivity contribution in [2.75, 3.05) is 26.2 Å². The maximum atomic E-state index is 11.5. The first kappa shape index (κ1) is 9.00. The zero-order valence-corrected chi connectivity index (χ0v) is 8.21. The van der Waals surface area contributed by atoms with Crippen molar-refractivity contribution >= 4 is 5.97 Å². The van der Waals surface area contributed by atoms with Crippen molar-refractivity contribution in [1.82, 2.24) is 4.90 Å². The maximum absolute atomic E-state index is 11.5. The van der Waals surface area contributed by atoms with Gasteiger partial charge in [-0.25, -0.2) is 0 Å². The molecule has 3 nitrogen and oxygen atoms in total. The van der Waals surface area contributed by atoms with Crippen LogP contribution in [0.1, 0.15) is 26.2 Å². The molecule has 0 saturated carbocycles. The molecule has 0 amide bonds. The molecule has 3 heteroatoms. The Hall–Kier alpha value is -0.570. The molecule has 2 saturated heterocycles. The number of cyclic esters (lactones) is 1. The molecule has 2 aliphatic rings. The third-order valence-electron chi connectivity index (χ3n) is 3.51. The first-order valence-electron chi connectivity index (χ1n) is 5.16. The summed E-state index contributed by atoms with van der Waals surface area (Å²) >= 11 is 0. The summed E-state index contributed by atoms with van der Waals surface area (Å²) in [7, 11) is 0. The van der Waals surface area contributed by atoms with E-state index in [1.54, 1.807) is 0 Å². The van der Waals surface area contributed by atoms with Gasteiger partial charge in [-0.2, -0.15) is 0 Å². The van der Waals surface area contributed by atoms with E-state index in [0.29, 0.717) is 6.61 Å². The Morgan fingerprint density at radius 1 is 1.38 bits per heavy atom. The van der Waals surface area contributed by atoms with Gasteiger partial charge in [-0.15, -0.1) is 0 Å². The minimum absolute atomic E-state index is 0.0586. The molecule has 0 aromatic heterocycles. The lowest BCUT2D eigenvalue weighted by Crippen LogP contribution is -2.42. The van der Waals surface area contributed by atoms with E-state index in [2.05, 4.69) is 11.8 Å². The highest BCUT2D eigenvalue weighted by molar-refractivity contribution is 5.78. The molecule has 1 spiro atoms. The second-order valence-electron chi connectivity index (χ2n) is 4.10. The van der Waals surface area contributed by atoms with E-state index in [9.17, 15) is 4.79 Å². The molecule has 2 aliphatic heterocycles. The van der Waals surface area contributed by atoms with Gasteiger partial charge in [0.05, 0.1) is 12.0 Å². The van der Waals surface area contributed by atoms with Crippen LogP contribution in [0.4, 0.5) is 0 Å². The lowest BCUT2D eigenvalue weighted by molar-refractivity contribution is -0.148. The molecule has 0 aromatic rings. The van der Waals surface area contributed by atoms with Crippen LogP contribution in [0.5, 0.6) is 0 Å². The highest BCUT2D eigenvalue weighted by atomic mass is 16.5. The number of hydrogen-bond donors (Lipinski definition) is 0. The number of likely N-dealkylation sites (tertiary alicyclic amines) is 1. The fourth-order valence-corrected chi connectivity index (χ4v) is 2.35. The van der Waals surface area contributed by atoms with Gasteiger partial charge in [-0.3, -0.25) is 4.79 Å². The lowest BCUT2D eigenvalue weighted by atomic mass is 9.77. The summed E-state index contributed by atoms with van der Waals surface area (Å²) in [5.41, 5.74) is -0.0916. The number of hydrogen-bond acceptors (Lipinski definition) is 3. The van der Waals surface area contributed by atoms with Crippen LogP contribution in [0.3, 0.4) is 0 Å². The van der Waals surface area contributed by atoms with E-state index >= 15 is 0 Å². The molecule has 2 heterocycles. The van der Waals surface area contributed by atoms with Gasteiger partial charge in [0.25, 0.3) is 0 Å². The van der Waals surface area contributed by atoms with Crippen molar-refractivity contribution in [2.24, 2.45) is 5.41 Å². The average Bonchev–Trinajstić information content (AvgIpc) is 2.50. The number of carbonyl (C=O) groups is 1. The van der Waals surface area contributed by atoms with Crippen LogP contribution in [-0.4, -0.2) is 37.1 Å². The van der Waals surface area contributed by atoms with Crippen LogP contribution >= 0.6 is 0 Å². The molecule has 74 valence electrons. The molecule has 0 N–H and O–H groups in total. The maximum Gasteiger partial charge on any atom is 0.312 e. The van der Waals surface area contributed by atoms with Gasteiger partial charge in [0.2, 0.25) is 0 Å². The number of nitrogens with zero attached hydrogens (tertiary/aromatic N) is 1. The summed E-state index contributed by atoms with van der Waals surface area (Å²) in [5, 5.41) is 0. The summed E-state index contributed by atoms with van der Waals surface area (Å²) < 4.78 is 5.06. The molecule has 0 bridgehead atoms. The topological polar surface area (TPSA) is 29.5 Å². The van der Waals surface area contributed by atoms with Crippen LogP contribution in [0.15, 0.2) is 0 Å². The van der Waals surface area contributed by atoms with Crippen molar-refractivity contribution in [1.29, 1.82) is 0 Å². The number of esters is 1. The van der Waals surface area contributed by atoms with Crippen LogP contribution in [0.25, 0.3) is 0 Å². The average molecular weight is 183 g/mol. The largest absolute Gasteiger partial charge is 0.465 e. The summed E-state index contributed by atoms with van der Waals surface area (Å²) in [5.74, 6) is 0.0586. The van der Waals surface area contributed by atoms with E-state index in [4.69, 9.17) is 4.74 Å². The van der Waals surface area contributed by atoms with Gasteiger partial charge in [0.1, 0.15) is 0 Å². The Kier molecular flexibility index (Phi) is 2.28. The van der Waals surface area contributed by atoms with E-state index in [1.807, 2.05) is 0 Å². The minimum Gasteiger partial charge on any atom is -0.465 e. The van der Waals surface area contributed by atoms with Crippen LogP contribution in [-0.2, 0) is 9.53 Å². The molecular weight excluding hydrogens is 166 g/mol. The molecule has 2 fully saturated rings. The predicted octanol–water partition coefficient (Wildman–Crippen LogP) is 1.04. The standard InChI is InChI=1S/C10H17NO2/c1-2-11-6-3-10(4-7-11)5-8-13-9(10)12/h2-8H2,1H3.